The highest BCUT2D eigenvalue weighted by Crippen LogP contribution is 2.30. The van der Waals surface area contributed by atoms with Crippen LogP contribution in [0.5, 0.6) is 11.5 Å². The molecular formula is C18H22FN3O2. The van der Waals surface area contributed by atoms with Crippen molar-refractivity contribution in [1.29, 1.82) is 0 Å². The highest BCUT2D eigenvalue weighted by Gasteiger charge is 2.07. The number of aliphatic imine (C=N–C) groups is 1. The second-order valence-corrected chi connectivity index (χ2v) is 4.98. The van der Waals surface area contributed by atoms with E-state index in [-0.39, 0.29) is 5.82 Å². The van der Waals surface area contributed by atoms with E-state index in [4.69, 9.17) is 9.47 Å². The molecule has 24 heavy (non-hydrogen) atoms. The van der Waals surface area contributed by atoms with Gasteiger partial charge in [0.05, 0.1) is 13.7 Å². The van der Waals surface area contributed by atoms with Gasteiger partial charge < -0.3 is 20.1 Å². The summed E-state index contributed by atoms with van der Waals surface area (Å²) in [7, 11) is 3.28. The van der Waals surface area contributed by atoms with Crippen molar-refractivity contribution in [3.63, 3.8) is 0 Å². The van der Waals surface area contributed by atoms with Gasteiger partial charge >= 0.3 is 0 Å². The SMILES string of the molecule is CCOc1cc(NC(=NC)NCc2cccc(F)c2)ccc1OC. The molecule has 2 N–H and O–H groups in total. The summed E-state index contributed by atoms with van der Waals surface area (Å²) in [5.74, 6) is 1.65. The lowest BCUT2D eigenvalue weighted by Crippen LogP contribution is -2.30. The minimum absolute atomic E-state index is 0.256. The fourth-order valence-electron chi connectivity index (χ4n) is 2.17. The van der Waals surface area contributed by atoms with Crippen molar-refractivity contribution in [3.8, 4) is 11.5 Å². The van der Waals surface area contributed by atoms with E-state index in [9.17, 15) is 4.39 Å². The molecule has 2 aromatic rings. The first-order chi connectivity index (χ1) is 11.7. The predicted molar refractivity (Wildman–Crippen MR) is 94.4 cm³/mol. The van der Waals surface area contributed by atoms with Crippen molar-refractivity contribution >= 4 is 11.6 Å². The van der Waals surface area contributed by atoms with Crippen molar-refractivity contribution in [2.24, 2.45) is 4.99 Å². The number of halogens is 1. The number of ether oxygens (including phenoxy) is 2. The topological polar surface area (TPSA) is 54.9 Å². The minimum Gasteiger partial charge on any atom is -0.493 e. The lowest BCUT2D eigenvalue weighted by Gasteiger charge is -2.14. The van der Waals surface area contributed by atoms with Gasteiger partial charge in [0, 0.05) is 25.3 Å². The van der Waals surface area contributed by atoms with Crippen LogP contribution >= 0.6 is 0 Å². The van der Waals surface area contributed by atoms with Gasteiger partial charge in [-0.3, -0.25) is 4.99 Å². The van der Waals surface area contributed by atoms with Crippen LogP contribution in [0.2, 0.25) is 0 Å². The third-order valence-corrected chi connectivity index (χ3v) is 3.30. The quantitative estimate of drug-likeness (QED) is 0.629. The maximum absolute atomic E-state index is 13.2. The van der Waals surface area contributed by atoms with Gasteiger partial charge in [-0.15, -0.1) is 0 Å². The average Bonchev–Trinajstić information content (AvgIpc) is 2.59. The van der Waals surface area contributed by atoms with Crippen molar-refractivity contribution < 1.29 is 13.9 Å². The Morgan fingerprint density at radius 2 is 2.00 bits per heavy atom. The van der Waals surface area contributed by atoms with Gasteiger partial charge in [-0.2, -0.15) is 0 Å². The lowest BCUT2D eigenvalue weighted by atomic mass is 10.2. The number of hydrogen-bond acceptors (Lipinski definition) is 3. The Bertz CT molecular complexity index is 704. The van der Waals surface area contributed by atoms with Gasteiger partial charge in [0.15, 0.2) is 17.5 Å². The second kappa shape index (κ2) is 8.76. The standard InChI is InChI=1S/C18H22FN3O2/c1-4-24-17-11-15(8-9-16(17)23-3)22-18(20-2)21-12-13-6-5-7-14(19)10-13/h5-11H,4,12H2,1-3H3,(H2,20,21,22). The first-order valence-electron chi connectivity index (χ1n) is 7.69. The van der Waals surface area contributed by atoms with Crippen LogP contribution in [0.4, 0.5) is 10.1 Å². The first kappa shape index (κ1) is 17.6. The van der Waals surface area contributed by atoms with Gasteiger partial charge in [0.1, 0.15) is 5.82 Å². The zero-order valence-corrected chi connectivity index (χ0v) is 14.1. The number of guanidine groups is 1. The molecule has 0 heterocycles. The molecule has 5 nitrogen and oxygen atoms in total. The van der Waals surface area contributed by atoms with Crippen LogP contribution in [0.25, 0.3) is 0 Å². The Hall–Kier alpha value is -2.76. The normalized spacial score (nSPS) is 11.1. The monoisotopic (exact) mass is 331 g/mol. The highest BCUT2D eigenvalue weighted by atomic mass is 19.1. The maximum Gasteiger partial charge on any atom is 0.195 e. The van der Waals surface area contributed by atoms with E-state index in [1.54, 1.807) is 20.2 Å². The fraction of sp³-hybridized carbons (Fsp3) is 0.278. The molecule has 0 aliphatic rings. The van der Waals surface area contributed by atoms with E-state index in [0.717, 1.165) is 11.3 Å². The molecule has 0 unspecified atom stereocenters. The summed E-state index contributed by atoms with van der Waals surface area (Å²) in [4.78, 5) is 4.17. The molecule has 0 aromatic heterocycles. The van der Waals surface area contributed by atoms with E-state index in [0.29, 0.717) is 30.6 Å². The molecule has 0 saturated carbocycles. The smallest absolute Gasteiger partial charge is 0.195 e. The molecule has 6 heteroatoms. The summed E-state index contributed by atoms with van der Waals surface area (Å²) in [5, 5.41) is 6.31. The summed E-state index contributed by atoms with van der Waals surface area (Å²) in [6.45, 7) is 2.93. The van der Waals surface area contributed by atoms with Gasteiger partial charge in [0.2, 0.25) is 0 Å². The van der Waals surface area contributed by atoms with Crippen molar-refractivity contribution in [3.05, 3.63) is 53.8 Å². The van der Waals surface area contributed by atoms with E-state index < -0.39 is 0 Å². The third-order valence-electron chi connectivity index (χ3n) is 3.30. The Morgan fingerprint density at radius 3 is 2.67 bits per heavy atom. The van der Waals surface area contributed by atoms with Crippen LogP contribution in [0, 0.1) is 5.82 Å². The van der Waals surface area contributed by atoms with Crippen molar-refractivity contribution in [2.45, 2.75) is 13.5 Å². The zero-order valence-electron chi connectivity index (χ0n) is 14.1. The van der Waals surface area contributed by atoms with E-state index in [1.807, 2.05) is 31.2 Å². The molecule has 0 atom stereocenters. The Balaban J connectivity index is 2.03. The number of rotatable bonds is 6. The van der Waals surface area contributed by atoms with Crippen LogP contribution in [-0.4, -0.2) is 26.7 Å². The number of hydrogen-bond donors (Lipinski definition) is 2. The lowest BCUT2D eigenvalue weighted by molar-refractivity contribution is 0.311. The number of benzene rings is 2. The second-order valence-electron chi connectivity index (χ2n) is 4.98. The Morgan fingerprint density at radius 1 is 1.17 bits per heavy atom. The molecule has 0 aliphatic carbocycles. The molecule has 2 rings (SSSR count). The molecule has 128 valence electrons. The largest absolute Gasteiger partial charge is 0.493 e. The zero-order chi connectivity index (χ0) is 17.4. The summed E-state index contributed by atoms with van der Waals surface area (Å²) in [5.41, 5.74) is 1.65. The van der Waals surface area contributed by atoms with Crippen LogP contribution in [-0.2, 0) is 6.54 Å². The van der Waals surface area contributed by atoms with Crippen LogP contribution in [0.1, 0.15) is 12.5 Å². The van der Waals surface area contributed by atoms with Crippen LogP contribution < -0.4 is 20.1 Å². The number of nitrogens with zero attached hydrogens (tertiary/aromatic N) is 1. The summed E-state index contributed by atoms with van der Waals surface area (Å²) < 4.78 is 24.0. The number of methoxy groups -OCH3 is 1. The molecule has 2 aromatic carbocycles. The third kappa shape index (κ3) is 4.87. The van der Waals surface area contributed by atoms with Crippen LogP contribution in [0.3, 0.4) is 0 Å². The van der Waals surface area contributed by atoms with Crippen molar-refractivity contribution in [1.82, 2.24) is 5.32 Å². The number of anilines is 1. The van der Waals surface area contributed by atoms with Gasteiger partial charge in [-0.25, -0.2) is 4.39 Å². The molecule has 0 fully saturated rings. The minimum atomic E-state index is -0.256. The average molecular weight is 331 g/mol. The molecule has 0 aliphatic heterocycles. The molecule has 0 bridgehead atoms. The summed E-state index contributed by atoms with van der Waals surface area (Å²) in [6, 6.07) is 12.0. The van der Waals surface area contributed by atoms with E-state index in [2.05, 4.69) is 15.6 Å². The predicted octanol–water partition coefficient (Wildman–Crippen LogP) is 3.42. The molecule has 0 saturated heterocycles. The highest BCUT2D eigenvalue weighted by molar-refractivity contribution is 5.93. The summed E-state index contributed by atoms with van der Waals surface area (Å²) in [6.07, 6.45) is 0. The maximum atomic E-state index is 13.2. The van der Waals surface area contributed by atoms with Gasteiger partial charge in [-0.05, 0) is 36.8 Å². The molecule has 0 spiro atoms. The first-order valence-corrected chi connectivity index (χ1v) is 7.69. The fourth-order valence-corrected chi connectivity index (χ4v) is 2.17. The van der Waals surface area contributed by atoms with E-state index in [1.165, 1.54) is 12.1 Å². The molecule has 0 radical (unpaired) electrons. The Kier molecular flexibility index (Phi) is 6.42. The summed E-state index contributed by atoms with van der Waals surface area (Å²) >= 11 is 0. The van der Waals surface area contributed by atoms with Crippen LogP contribution in [0.15, 0.2) is 47.5 Å². The van der Waals surface area contributed by atoms with Crippen molar-refractivity contribution in [2.75, 3.05) is 26.1 Å². The van der Waals surface area contributed by atoms with Gasteiger partial charge in [0.25, 0.3) is 0 Å². The number of nitrogens with one attached hydrogen (secondary N) is 2. The van der Waals surface area contributed by atoms with E-state index >= 15 is 0 Å². The molecule has 0 amide bonds. The Labute approximate surface area is 141 Å². The molecular weight excluding hydrogens is 309 g/mol. The van der Waals surface area contributed by atoms with Gasteiger partial charge in [-0.1, -0.05) is 12.1 Å².